The van der Waals surface area contributed by atoms with Gasteiger partial charge in [0, 0.05) is 13.0 Å². The Morgan fingerprint density at radius 3 is 2.84 bits per heavy atom. The van der Waals surface area contributed by atoms with Crippen molar-refractivity contribution in [2.45, 2.75) is 63.6 Å². The van der Waals surface area contributed by atoms with Crippen LogP contribution >= 0.6 is 0 Å². The monoisotopic (exact) mass is 263 g/mol. The summed E-state index contributed by atoms with van der Waals surface area (Å²) >= 11 is 0. The lowest BCUT2D eigenvalue weighted by atomic mass is 9.98. The largest absolute Gasteiger partial charge is 0.345 e. The molecule has 0 saturated heterocycles. The number of amides is 1. The van der Waals surface area contributed by atoms with Crippen molar-refractivity contribution in [2.75, 3.05) is 0 Å². The summed E-state index contributed by atoms with van der Waals surface area (Å²) in [5.41, 5.74) is 5.48. The molecule has 1 atom stereocenters. The van der Waals surface area contributed by atoms with Crippen LogP contribution in [-0.4, -0.2) is 26.2 Å². The molecule has 1 unspecified atom stereocenters. The third-order valence-electron chi connectivity index (χ3n) is 4.32. The fraction of sp³-hybridized carbons (Fsp3) is 0.769. The Balaban J connectivity index is 1.71. The first-order chi connectivity index (χ1) is 9.10. The van der Waals surface area contributed by atoms with Gasteiger partial charge in [-0.05, 0) is 26.2 Å². The van der Waals surface area contributed by atoms with E-state index in [9.17, 15) is 4.79 Å². The van der Waals surface area contributed by atoms with Crippen LogP contribution in [-0.2, 0) is 17.8 Å². The fourth-order valence-corrected chi connectivity index (χ4v) is 3.13. The molecule has 2 heterocycles. The molecule has 0 radical (unpaired) electrons. The molecule has 2 aliphatic rings. The maximum atomic E-state index is 12.3. The van der Waals surface area contributed by atoms with Crippen molar-refractivity contribution < 1.29 is 4.79 Å². The number of nitrogens with two attached hydrogens (primary N) is 1. The molecule has 3 N–H and O–H groups in total. The number of carbonyl (C=O) groups is 1. The van der Waals surface area contributed by atoms with Crippen LogP contribution in [0, 0.1) is 0 Å². The SMILES string of the molecule is CC(NC(=O)C1(N)CCCC1)c1nnc2n1CCC2. The van der Waals surface area contributed by atoms with Crippen LogP contribution in [0.2, 0.25) is 0 Å². The summed E-state index contributed by atoms with van der Waals surface area (Å²) in [7, 11) is 0. The highest BCUT2D eigenvalue weighted by molar-refractivity contribution is 5.86. The first-order valence-electron chi connectivity index (χ1n) is 7.12. The number of hydrogen-bond acceptors (Lipinski definition) is 4. The van der Waals surface area contributed by atoms with E-state index >= 15 is 0 Å². The summed E-state index contributed by atoms with van der Waals surface area (Å²) in [4.78, 5) is 12.3. The van der Waals surface area contributed by atoms with Gasteiger partial charge >= 0.3 is 0 Å². The zero-order valence-electron chi connectivity index (χ0n) is 11.4. The average molecular weight is 263 g/mol. The summed E-state index contributed by atoms with van der Waals surface area (Å²) in [5.74, 6) is 1.83. The maximum Gasteiger partial charge on any atom is 0.240 e. The normalized spacial score (nSPS) is 22.2. The van der Waals surface area contributed by atoms with Gasteiger partial charge in [-0.25, -0.2) is 0 Å². The van der Waals surface area contributed by atoms with Gasteiger partial charge in [-0.2, -0.15) is 0 Å². The summed E-state index contributed by atoms with van der Waals surface area (Å²) in [6.07, 6.45) is 5.73. The molecule has 0 spiro atoms. The van der Waals surface area contributed by atoms with Crippen molar-refractivity contribution >= 4 is 5.91 Å². The highest BCUT2D eigenvalue weighted by atomic mass is 16.2. The number of carbonyl (C=O) groups excluding carboxylic acids is 1. The first kappa shape index (κ1) is 12.6. The van der Waals surface area contributed by atoms with Crippen LogP contribution in [0.15, 0.2) is 0 Å². The molecule has 0 bridgehead atoms. The number of nitrogens with one attached hydrogen (secondary N) is 1. The van der Waals surface area contributed by atoms with E-state index in [1.807, 2.05) is 6.92 Å². The molecule has 1 amide bonds. The molecular weight excluding hydrogens is 242 g/mol. The van der Waals surface area contributed by atoms with Crippen molar-refractivity contribution in [1.82, 2.24) is 20.1 Å². The van der Waals surface area contributed by atoms with Crippen molar-refractivity contribution in [3.05, 3.63) is 11.6 Å². The van der Waals surface area contributed by atoms with Crippen LogP contribution in [0.3, 0.4) is 0 Å². The van der Waals surface area contributed by atoms with Crippen LogP contribution in [0.5, 0.6) is 0 Å². The smallest absolute Gasteiger partial charge is 0.240 e. The Bertz CT molecular complexity index is 489. The first-order valence-corrected chi connectivity index (χ1v) is 7.12. The standard InChI is InChI=1S/C13H21N5O/c1-9(11-17-16-10-5-4-8-18(10)11)15-12(19)13(14)6-2-3-7-13/h9H,2-8,14H2,1H3,(H,15,19). The molecule has 6 heteroatoms. The van der Waals surface area contributed by atoms with Crippen molar-refractivity contribution in [3.63, 3.8) is 0 Å². The number of hydrogen-bond donors (Lipinski definition) is 2. The second-order valence-corrected chi connectivity index (χ2v) is 5.79. The van der Waals surface area contributed by atoms with Crippen molar-refractivity contribution in [3.8, 4) is 0 Å². The van der Waals surface area contributed by atoms with Gasteiger partial charge in [-0.1, -0.05) is 12.8 Å². The lowest BCUT2D eigenvalue weighted by Crippen LogP contribution is -2.52. The van der Waals surface area contributed by atoms with E-state index < -0.39 is 5.54 Å². The molecular formula is C13H21N5O. The van der Waals surface area contributed by atoms with Gasteiger partial charge in [-0.15, -0.1) is 10.2 Å². The third kappa shape index (κ3) is 2.14. The molecule has 1 aliphatic heterocycles. The molecule has 3 rings (SSSR count). The molecule has 104 valence electrons. The topological polar surface area (TPSA) is 85.8 Å². The van der Waals surface area contributed by atoms with Gasteiger partial charge in [0.15, 0.2) is 5.82 Å². The Labute approximate surface area is 112 Å². The summed E-state index contributed by atoms with van der Waals surface area (Å²) in [6.45, 7) is 2.90. The predicted octanol–water partition coefficient (Wildman–Crippen LogP) is 0.673. The maximum absolute atomic E-state index is 12.3. The van der Waals surface area contributed by atoms with E-state index in [0.29, 0.717) is 0 Å². The van der Waals surface area contributed by atoms with Crippen LogP contribution in [0.4, 0.5) is 0 Å². The third-order valence-corrected chi connectivity index (χ3v) is 4.32. The number of fused-ring (bicyclic) bond motifs is 1. The zero-order valence-corrected chi connectivity index (χ0v) is 11.4. The van der Waals surface area contributed by atoms with E-state index in [4.69, 9.17) is 5.73 Å². The van der Waals surface area contributed by atoms with Crippen LogP contribution < -0.4 is 11.1 Å². The summed E-state index contributed by atoms with van der Waals surface area (Å²) < 4.78 is 2.11. The number of rotatable bonds is 3. The number of aryl methyl sites for hydroxylation is 1. The average Bonchev–Trinajstić information content (AvgIpc) is 3.03. The lowest BCUT2D eigenvalue weighted by Gasteiger charge is -2.24. The summed E-state index contributed by atoms with van der Waals surface area (Å²) in [6, 6.07) is -0.132. The Morgan fingerprint density at radius 2 is 2.11 bits per heavy atom. The second kappa shape index (κ2) is 4.59. The van der Waals surface area contributed by atoms with E-state index in [2.05, 4.69) is 20.1 Å². The van der Waals surface area contributed by atoms with Crippen LogP contribution in [0.25, 0.3) is 0 Å². The second-order valence-electron chi connectivity index (χ2n) is 5.79. The van der Waals surface area contributed by atoms with Gasteiger partial charge in [0.2, 0.25) is 5.91 Å². The van der Waals surface area contributed by atoms with Crippen molar-refractivity contribution in [1.29, 1.82) is 0 Å². The highest BCUT2D eigenvalue weighted by Crippen LogP contribution is 2.28. The van der Waals surface area contributed by atoms with E-state index in [0.717, 1.165) is 56.7 Å². The van der Waals surface area contributed by atoms with Gasteiger partial charge in [-0.3, -0.25) is 4.79 Å². The van der Waals surface area contributed by atoms with E-state index in [1.165, 1.54) is 0 Å². The van der Waals surface area contributed by atoms with Gasteiger partial charge in [0.05, 0.1) is 11.6 Å². The zero-order chi connectivity index (χ0) is 13.5. The molecule has 1 saturated carbocycles. The Hall–Kier alpha value is -1.43. The molecule has 0 aromatic carbocycles. The molecule has 1 aromatic rings. The van der Waals surface area contributed by atoms with Gasteiger partial charge < -0.3 is 15.6 Å². The fourth-order valence-electron chi connectivity index (χ4n) is 3.13. The quantitative estimate of drug-likeness (QED) is 0.839. The minimum atomic E-state index is -0.678. The van der Waals surface area contributed by atoms with Crippen LogP contribution in [0.1, 0.15) is 56.7 Å². The number of aromatic nitrogens is 3. The number of nitrogens with zero attached hydrogens (tertiary/aromatic N) is 3. The minimum absolute atomic E-state index is 0.0483. The Kier molecular flexibility index (Phi) is 3.05. The highest BCUT2D eigenvalue weighted by Gasteiger charge is 2.38. The van der Waals surface area contributed by atoms with Crippen molar-refractivity contribution in [2.24, 2.45) is 5.73 Å². The molecule has 1 aromatic heterocycles. The Morgan fingerprint density at radius 1 is 1.37 bits per heavy atom. The molecule has 1 fully saturated rings. The predicted molar refractivity (Wildman–Crippen MR) is 70.3 cm³/mol. The minimum Gasteiger partial charge on any atom is -0.345 e. The van der Waals surface area contributed by atoms with Gasteiger partial charge in [0.25, 0.3) is 0 Å². The van der Waals surface area contributed by atoms with Gasteiger partial charge in [0.1, 0.15) is 5.82 Å². The summed E-state index contributed by atoms with van der Waals surface area (Å²) in [5, 5.41) is 11.4. The molecule has 1 aliphatic carbocycles. The van der Waals surface area contributed by atoms with E-state index in [-0.39, 0.29) is 11.9 Å². The molecule has 6 nitrogen and oxygen atoms in total. The molecule has 19 heavy (non-hydrogen) atoms. The van der Waals surface area contributed by atoms with E-state index in [1.54, 1.807) is 0 Å². The lowest BCUT2D eigenvalue weighted by molar-refractivity contribution is -0.126.